The quantitative estimate of drug-likeness (QED) is 0.546. The third kappa shape index (κ3) is 5.61. The van der Waals surface area contributed by atoms with Gasteiger partial charge in [0.25, 0.3) is 0 Å². The van der Waals surface area contributed by atoms with E-state index in [0.29, 0.717) is 30.2 Å². The number of hydrogen-bond donors (Lipinski definition) is 2. The number of H-pyrrole nitrogens is 1. The SMILES string of the molecule is CN(CCCc1cc(-c2ccc(F)cc2)n[nH]1)CCC(=O)Nc1ccc2c(c1)OCO2. The molecule has 0 saturated heterocycles. The van der Waals surface area contributed by atoms with Gasteiger partial charge in [0.05, 0.1) is 5.69 Å². The number of aromatic nitrogens is 2. The van der Waals surface area contributed by atoms with Crippen molar-refractivity contribution in [2.45, 2.75) is 19.3 Å². The van der Waals surface area contributed by atoms with Gasteiger partial charge in [-0.05, 0) is 68.9 Å². The molecule has 0 spiro atoms. The van der Waals surface area contributed by atoms with Gasteiger partial charge in [-0.1, -0.05) is 0 Å². The molecule has 2 aromatic carbocycles. The highest BCUT2D eigenvalue weighted by Gasteiger charge is 2.14. The van der Waals surface area contributed by atoms with Crippen LogP contribution in [0.4, 0.5) is 10.1 Å². The number of rotatable bonds is 9. The predicted molar refractivity (Wildman–Crippen MR) is 116 cm³/mol. The summed E-state index contributed by atoms with van der Waals surface area (Å²) in [6, 6.07) is 13.7. The van der Waals surface area contributed by atoms with Crippen LogP contribution in [0.2, 0.25) is 0 Å². The fraction of sp³-hybridized carbons (Fsp3) is 0.304. The molecule has 1 aromatic heterocycles. The second kappa shape index (κ2) is 9.61. The van der Waals surface area contributed by atoms with E-state index in [9.17, 15) is 9.18 Å². The fourth-order valence-electron chi connectivity index (χ4n) is 3.40. The zero-order valence-corrected chi connectivity index (χ0v) is 17.4. The van der Waals surface area contributed by atoms with Crippen LogP contribution < -0.4 is 14.8 Å². The van der Waals surface area contributed by atoms with Gasteiger partial charge in [-0.15, -0.1) is 0 Å². The molecular formula is C23H25FN4O3. The van der Waals surface area contributed by atoms with E-state index in [2.05, 4.69) is 20.4 Å². The average molecular weight is 424 g/mol. The molecule has 1 amide bonds. The number of nitrogens with zero attached hydrogens (tertiary/aromatic N) is 2. The van der Waals surface area contributed by atoms with Crippen LogP contribution in [0.25, 0.3) is 11.3 Å². The topological polar surface area (TPSA) is 79.5 Å². The number of amides is 1. The third-order valence-corrected chi connectivity index (χ3v) is 5.13. The van der Waals surface area contributed by atoms with Crippen LogP contribution in [0.1, 0.15) is 18.5 Å². The summed E-state index contributed by atoms with van der Waals surface area (Å²) in [7, 11) is 2.00. The molecule has 4 rings (SSSR count). The number of carbonyl (C=O) groups is 1. The van der Waals surface area contributed by atoms with Crippen LogP contribution >= 0.6 is 0 Å². The van der Waals surface area contributed by atoms with Gasteiger partial charge in [0.15, 0.2) is 11.5 Å². The Morgan fingerprint density at radius 2 is 1.94 bits per heavy atom. The molecule has 7 nitrogen and oxygen atoms in total. The first kappa shape index (κ1) is 20.9. The summed E-state index contributed by atoms with van der Waals surface area (Å²) in [5, 5.41) is 10.2. The molecule has 2 N–H and O–H groups in total. The first-order chi connectivity index (χ1) is 15.1. The lowest BCUT2D eigenvalue weighted by molar-refractivity contribution is -0.116. The van der Waals surface area contributed by atoms with E-state index in [1.54, 1.807) is 30.3 Å². The van der Waals surface area contributed by atoms with Crippen LogP contribution in [-0.2, 0) is 11.2 Å². The van der Waals surface area contributed by atoms with Crippen molar-refractivity contribution in [3.8, 4) is 22.8 Å². The Bertz CT molecular complexity index is 1040. The van der Waals surface area contributed by atoms with Gasteiger partial charge in [0.2, 0.25) is 12.7 Å². The van der Waals surface area contributed by atoms with Crippen LogP contribution in [0.15, 0.2) is 48.5 Å². The molecule has 1 aliphatic rings. The Morgan fingerprint density at radius 1 is 1.13 bits per heavy atom. The Kier molecular flexibility index (Phi) is 6.47. The molecule has 0 aliphatic carbocycles. The maximum absolute atomic E-state index is 13.1. The molecule has 0 unspecified atom stereocenters. The molecule has 0 fully saturated rings. The molecule has 3 aromatic rings. The van der Waals surface area contributed by atoms with E-state index in [0.717, 1.165) is 36.3 Å². The van der Waals surface area contributed by atoms with Gasteiger partial charge >= 0.3 is 0 Å². The Hall–Kier alpha value is -3.39. The van der Waals surface area contributed by atoms with Crippen molar-refractivity contribution in [2.75, 3.05) is 32.2 Å². The number of carbonyl (C=O) groups excluding carboxylic acids is 1. The second-order valence-electron chi connectivity index (χ2n) is 7.56. The van der Waals surface area contributed by atoms with Crippen molar-refractivity contribution in [1.82, 2.24) is 15.1 Å². The van der Waals surface area contributed by atoms with Crippen molar-refractivity contribution in [3.63, 3.8) is 0 Å². The van der Waals surface area contributed by atoms with Crippen molar-refractivity contribution in [2.24, 2.45) is 0 Å². The first-order valence-corrected chi connectivity index (χ1v) is 10.2. The Balaban J connectivity index is 1.16. The van der Waals surface area contributed by atoms with Gasteiger partial charge in [-0.3, -0.25) is 9.89 Å². The number of ether oxygens (including phenoxy) is 2. The lowest BCUT2D eigenvalue weighted by Gasteiger charge is -2.16. The predicted octanol–water partition coefficient (Wildman–Crippen LogP) is 3.84. The van der Waals surface area contributed by atoms with E-state index in [4.69, 9.17) is 9.47 Å². The molecule has 0 saturated carbocycles. The molecule has 0 atom stereocenters. The summed E-state index contributed by atoms with van der Waals surface area (Å²) in [5.41, 5.74) is 3.43. The second-order valence-corrected chi connectivity index (χ2v) is 7.56. The van der Waals surface area contributed by atoms with Gasteiger partial charge < -0.3 is 19.7 Å². The number of fused-ring (bicyclic) bond motifs is 1. The summed E-state index contributed by atoms with van der Waals surface area (Å²) in [6.45, 7) is 1.74. The number of hydrogen-bond acceptors (Lipinski definition) is 5. The summed E-state index contributed by atoms with van der Waals surface area (Å²) < 4.78 is 23.7. The van der Waals surface area contributed by atoms with E-state index in [1.807, 2.05) is 13.1 Å². The summed E-state index contributed by atoms with van der Waals surface area (Å²) in [4.78, 5) is 14.4. The van der Waals surface area contributed by atoms with Gasteiger partial charge in [0.1, 0.15) is 5.82 Å². The van der Waals surface area contributed by atoms with Gasteiger partial charge in [-0.2, -0.15) is 5.10 Å². The smallest absolute Gasteiger partial charge is 0.231 e. The minimum atomic E-state index is -0.257. The normalized spacial score (nSPS) is 12.4. The van der Waals surface area contributed by atoms with Gasteiger partial charge in [-0.25, -0.2) is 4.39 Å². The van der Waals surface area contributed by atoms with Crippen LogP contribution in [-0.4, -0.2) is 47.9 Å². The van der Waals surface area contributed by atoms with E-state index in [-0.39, 0.29) is 18.5 Å². The maximum Gasteiger partial charge on any atom is 0.231 e. The fourth-order valence-corrected chi connectivity index (χ4v) is 3.40. The molecule has 1 aliphatic heterocycles. The minimum Gasteiger partial charge on any atom is -0.454 e. The van der Waals surface area contributed by atoms with E-state index >= 15 is 0 Å². The molecule has 0 radical (unpaired) electrons. The van der Waals surface area contributed by atoms with Crippen molar-refractivity contribution < 1.29 is 18.7 Å². The largest absolute Gasteiger partial charge is 0.454 e. The summed E-state index contributed by atoms with van der Waals surface area (Å²) >= 11 is 0. The average Bonchev–Trinajstić information content (AvgIpc) is 3.42. The molecule has 0 bridgehead atoms. The lowest BCUT2D eigenvalue weighted by Crippen LogP contribution is -2.25. The van der Waals surface area contributed by atoms with Crippen molar-refractivity contribution >= 4 is 11.6 Å². The van der Waals surface area contributed by atoms with Crippen LogP contribution in [0.5, 0.6) is 11.5 Å². The minimum absolute atomic E-state index is 0.0387. The Morgan fingerprint density at radius 3 is 2.77 bits per heavy atom. The zero-order valence-electron chi connectivity index (χ0n) is 17.4. The molecular weight excluding hydrogens is 399 g/mol. The number of aromatic amines is 1. The highest BCUT2D eigenvalue weighted by Crippen LogP contribution is 2.34. The molecule has 31 heavy (non-hydrogen) atoms. The first-order valence-electron chi connectivity index (χ1n) is 10.2. The number of benzene rings is 2. The summed E-state index contributed by atoms with van der Waals surface area (Å²) in [5.74, 6) is 1.05. The number of nitrogens with one attached hydrogen (secondary N) is 2. The maximum atomic E-state index is 13.1. The van der Waals surface area contributed by atoms with E-state index < -0.39 is 0 Å². The van der Waals surface area contributed by atoms with Crippen molar-refractivity contribution in [3.05, 3.63) is 60.0 Å². The monoisotopic (exact) mass is 424 g/mol. The zero-order chi connectivity index (χ0) is 21.6. The Labute approximate surface area is 180 Å². The van der Waals surface area contributed by atoms with Crippen LogP contribution in [0, 0.1) is 5.82 Å². The van der Waals surface area contributed by atoms with E-state index in [1.165, 1.54) is 12.1 Å². The molecule has 162 valence electrons. The highest BCUT2D eigenvalue weighted by molar-refractivity contribution is 5.91. The summed E-state index contributed by atoms with van der Waals surface area (Å²) in [6.07, 6.45) is 2.19. The van der Waals surface area contributed by atoms with Gasteiger partial charge in [0, 0.05) is 36.0 Å². The van der Waals surface area contributed by atoms with Crippen LogP contribution in [0.3, 0.4) is 0 Å². The third-order valence-electron chi connectivity index (χ3n) is 5.13. The van der Waals surface area contributed by atoms with Crippen molar-refractivity contribution in [1.29, 1.82) is 0 Å². The number of halogens is 1. The molecule has 2 heterocycles. The standard InChI is InChI=1S/C23H25FN4O3/c1-28(12-10-23(29)25-18-8-9-21-22(14-18)31-15-30-21)11-2-3-19-13-20(27-26-19)16-4-6-17(24)7-5-16/h4-9,13-14H,2-3,10-12,15H2,1H3,(H,25,29)(H,26,27). The molecule has 8 heteroatoms. The highest BCUT2D eigenvalue weighted by atomic mass is 19.1. The lowest BCUT2D eigenvalue weighted by atomic mass is 10.1. The number of anilines is 1. The number of aryl methyl sites for hydroxylation is 1.